The molecule has 110 valence electrons. The van der Waals surface area contributed by atoms with Crippen LogP contribution in [0.5, 0.6) is 0 Å². The van der Waals surface area contributed by atoms with Gasteiger partial charge in [-0.1, -0.05) is 27.2 Å². The maximum atomic E-state index is 11.8. The highest BCUT2D eigenvalue weighted by atomic mass is 16.4. The maximum absolute atomic E-state index is 11.8. The van der Waals surface area contributed by atoms with E-state index in [1.807, 2.05) is 6.92 Å². The maximum Gasteiger partial charge on any atom is 0.326 e. The molecule has 1 rings (SSSR count). The Morgan fingerprint density at radius 1 is 1.21 bits per heavy atom. The van der Waals surface area contributed by atoms with Gasteiger partial charge in [0.15, 0.2) is 0 Å². The Bertz CT molecular complexity index is 310. The number of carbonyl (C=O) groups is 2. The second-order valence-corrected chi connectivity index (χ2v) is 5.91. The molecular weight excluding hydrogens is 244 g/mol. The molecule has 5 nitrogen and oxygen atoms in total. The number of carboxylic acid groups (broad SMARTS) is 1. The topological polar surface area (TPSA) is 78.4 Å². The molecule has 0 aliphatic heterocycles. The first-order valence-electron chi connectivity index (χ1n) is 7.22. The number of hydrogen-bond acceptors (Lipinski definition) is 2. The fourth-order valence-corrected chi connectivity index (χ4v) is 3.00. The Hall–Kier alpha value is -1.26. The van der Waals surface area contributed by atoms with Gasteiger partial charge in [0.25, 0.3) is 0 Å². The predicted octanol–water partition coefficient (Wildman–Crippen LogP) is 2.36. The number of rotatable bonds is 5. The van der Waals surface area contributed by atoms with Crippen molar-refractivity contribution in [3.8, 4) is 0 Å². The summed E-state index contributed by atoms with van der Waals surface area (Å²) in [5, 5.41) is 14.5. The zero-order chi connectivity index (χ0) is 14.4. The number of amides is 2. The third-order valence-corrected chi connectivity index (χ3v) is 3.69. The third-order valence-electron chi connectivity index (χ3n) is 3.69. The summed E-state index contributed by atoms with van der Waals surface area (Å²) in [7, 11) is 0. The molecular formula is C14H26N2O3. The van der Waals surface area contributed by atoms with E-state index in [-0.39, 0.29) is 12.1 Å². The molecule has 2 amide bonds. The van der Waals surface area contributed by atoms with Crippen molar-refractivity contribution in [1.29, 1.82) is 0 Å². The summed E-state index contributed by atoms with van der Waals surface area (Å²) in [6.07, 6.45) is 4.34. The van der Waals surface area contributed by atoms with Crippen molar-refractivity contribution in [1.82, 2.24) is 10.6 Å². The molecule has 3 unspecified atom stereocenters. The van der Waals surface area contributed by atoms with Crippen LogP contribution in [0.25, 0.3) is 0 Å². The summed E-state index contributed by atoms with van der Waals surface area (Å²) in [4.78, 5) is 22.8. The summed E-state index contributed by atoms with van der Waals surface area (Å²) in [6, 6.07) is -0.981. The Morgan fingerprint density at radius 2 is 1.79 bits per heavy atom. The van der Waals surface area contributed by atoms with E-state index in [1.165, 1.54) is 6.42 Å². The lowest BCUT2D eigenvalue weighted by atomic mass is 9.80. The fraction of sp³-hybridized carbons (Fsp3) is 0.857. The quantitative estimate of drug-likeness (QED) is 0.717. The summed E-state index contributed by atoms with van der Waals surface area (Å²) in [6.45, 7) is 6.29. The van der Waals surface area contributed by atoms with E-state index in [1.54, 1.807) is 0 Å². The minimum Gasteiger partial charge on any atom is -0.480 e. The smallest absolute Gasteiger partial charge is 0.326 e. The second-order valence-electron chi connectivity index (χ2n) is 5.91. The summed E-state index contributed by atoms with van der Waals surface area (Å²) >= 11 is 0. The van der Waals surface area contributed by atoms with E-state index in [9.17, 15) is 9.59 Å². The van der Waals surface area contributed by atoms with E-state index >= 15 is 0 Å². The number of aliphatic carboxylic acids is 1. The monoisotopic (exact) mass is 270 g/mol. The van der Waals surface area contributed by atoms with Crippen LogP contribution in [-0.2, 0) is 4.79 Å². The average Bonchev–Trinajstić information content (AvgIpc) is 2.26. The molecule has 0 heterocycles. The van der Waals surface area contributed by atoms with Crippen molar-refractivity contribution < 1.29 is 14.7 Å². The van der Waals surface area contributed by atoms with Crippen LogP contribution in [-0.4, -0.2) is 29.2 Å². The van der Waals surface area contributed by atoms with Crippen LogP contribution in [0, 0.1) is 11.8 Å². The highest BCUT2D eigenvalue weighted by molar-refractivity contribution is 5.82. The Balaban J connectivity index is 2.43. The molecule has 3 atom stereocenters. The zero-order valence-electron chi connectivity index (χ0n) is 12.1. The standard InChI is InChI=1S/C14H26N2O3/c1-4-5-12(13(17)18)16-14(19)15-11-7-9(2)6-10(3)8-11/h9-12H,4-8H2,1-3H3,(H,17,18)(H2,15,16,19). The molecule has 3 N–H and O–H groups in total. The minimum atomic E-state index is -0.970. The van der Waals surface area contributed by atoms with Crippen LogP contribution in [0.3, 0.4) is 0 Å². The number of urea groups is 1. The molecule has 0 bridgehead atoms. The van der Waals surface area contributed by atoms with E-state index in [0.29, 0.717) is 18.3 Å². The first-order chi connectivity index (χ1) is 8.92. The molecule has 0 aromatic carbocycles. The van der Waals surface area contributed by atoms with Gasteiger partial charge in [-0.25, -0.2) is 9.59 Å². The van der Waals surface area contributed by atoms with E-state index < -0.39 is 12.0 Å². The van der Waals surface area contributed by atoms with Crippen molar-refractivity contribution in [2.45, 2.75) is 65.0 Å². The highest BCUT2D eigenvalue weighted by Gasteiger charge is 2.26. The van der Waals surface area contributed by atoms with Crippen molar-refractivity contribution in [2.24, 2.45) is 11.8 Å². The number of carbonyl (C=O) groups excluding carboxylic acids is 1. The van der Waals surface area contributed by atoms with Crippen LogP contribution in [0.2, 0.25) is 0 Å². The molecule has 0 aromatic heterocycles. The molecule has 1 aliphatic rings. The SMILES string of the molecule is CCCC(NC(=O)NC1CC(C)CC(C)C1)C(=O)O. The normalized spacial score (nSPS) is 28.5. The van der Waals surface area contributed by atoms with Gasteiger partial charge in [-0.3, -0.25) is 0 Å². The van der Waals surface area contributed by atoms with Crippen molar-refractivity contribution >= 4 is 12.0 Å². The Labute approximate surface area is 115 Å². The van der Waals surface area contributed by atoms with Gasteiger partial charge in [0.1, 0.15) is 6.04 Å². The molecule has 0 aromatic rings. The average molecular weight is 270 g/mol. The van der Waals surface area contributed by atoms with Gasteiger partial charge in [-0.15, -0.1) is 0 Å². The lowest BCUT2D eigenvalue weighted by Crippen LogP contribution is -2.50. The van der Waals surface area contributed by atoms with Gasteiger partial charge in [-0.2, -0.15) is 0 Å². The van der Waals surface area contributed by atoms with E-state index in [2.05, 4.69) is 24.5 Å². The highest BCUT2D eigenvalue weighted by Crippen LogP contribution is 2.28. The van der Waals surface area contributed by atoms with E-state index in [4.69, 9.17) is 5.11 Å². The van der Waals surface area contributed by atoms with Crippen LogP contribution < -0.4 is 10.6 Å². The minimum absolute atomic E-state index is 0.162. The lowest BCUT2D eigenvalue weighted by molar-refractivity contribution is -0.139. The number of hydrogen-bond donors (Lipinski definition) is 3. The molecule has 19 heavy (non-hydrogen) atoms. The third kappa shape index (κ3) is 5.49. The molecule has 1 saturated carbocycles. The number of carboxylic acids is 1. The fourth-order valence-electron chi connectivity index (χ4n) is 3.00. The first kappa shape index (κ1) is 15.8. The van der Waals surface area contributed by atoms with Crippen LogP contribution in [0.1, 0.15) is 52.9 Å². The Morgan fingerprint density at radius 3 is 2.26 bits per heavy atom. The molecule has 0 saturated heterocycles. The van der Waals surface area contributed by atoms with Gasteiger partial charge in [0.2, 0.25) is 0 Å². The van der Waals surface area contributed by atoms with Crippen molar-refractivity contribution in [3.63, 3.8) is 0 Å². The van der Waals surface area contributed by atoms with Crippen LogP contribution in [0.4, 0.5) is 4.79 Å². The van der Waals surface area contributed by atoms with Crippen LogP contribution in [0.15, 0.2) is 0 Å². The number of nitrogens with one attached hydrogen (secondary N) is 2. The van der Waals surface area contributed by atoms with Gasteiger partial charge in [0.05, 0.1) is 0 Å². The summed E-state index contributed by atoms with van der Waals surface area (Å²) < 4.78 is 0. The van der Waals surface area contributed by atoms with Gasteiger partial charge < -0.3 is 15.7 Å². The lowest BCUT2D eigenvalue weighted by Gasteiger charge is -2.32. The molecule has 5 heteroatoms. The van der Waals surface area contributed by atoms with Gasteiger partial charge >= 0.3 is 12.0 Å². The summed E-state index contributed by atoms with van der Waals surface area (Å²) in [5.74, 6) is 0.252. The van der Waals surface area contributed by atoms with Gasteiger partial charge in [0, 0.05) is 6.04 Å². The first-order valence-corrected chi connectivity index (χ1v) is 7.22. The van der Waals surface area contributed by atoms with E-state index in [0.717, 1.165) is 19.3 Å². The van der Waals surface area contributed by atoms with Crippen molar-refractivity contribution in [3.05, 3.63) is 0 Å². The molecule has 1 fully saturated rings. The van der Waals surface area contributed by atoms with Gasteiger partial charge in [-0.05, 0) is 37.5 Å². The summed E-state index contributed by atoms with van der Waals surface area (Å²) in [5.41, 5.74) is 0. The predicted molar refractivity (Wildman–Crippen MR) is 74.0 cm³/mol. The van der Waals surface area contributed by atoms with Crippen molar-refractivity contribution in [2.75, 3.05) is 0 Å². The second kappa shape index (κ2) is 7.36. The molecule has 1 aliphatic carbocycles. The molecule has 0 radical (unpaired) electrons. The molecule has 0 spiro atoms. The largest absolute Gasteiger partial charge is 0.480 e. The van der Waals surface area contributed by atoms with Crippen LogP contribution >= 0.6 is 0 Å². The Kier molecular flexibility index (Phi) is 6.12. The zero-order valence-corrected chi connectivity index (χ0v) is 12.1.